The van der Waals surface area contributed by atoms with Crippen molar-refractivity contribution in [1.29, 1.82) is 0 Å². The number of thiophene rings is 1. The van der Waals surface area contributed by atoms with Gasteiger partial charge in [0.15, 0.2) is 0 Å². The van der Waals surface area contributed by atoms with Gasteiger partial charge in [-0.25, -0.2) is 0 Å². The van der Waals surface area contributed by atoms with E-state index in [1.165, 1.54) is 0 Å². The predicted molar refractivity (Wildman–Crippen MR) is 90.3 cm³/mol. The topological polar surface area (TPSA) is 46.3 Å². The van der Waals surface area contributed by atoms with E-state index in [-0.39, 0.29) is 5.91 Å². The van der Waals surface area contributed by atoms with E-state index in [9.17, 15) is 4.79 Å². The van der Waals surface area contributed by atoms with Gasteiger partial charge in [0.25, 0.3) is 5.91 Å². The second-order valence-electron chi connectivity index (χ2n) is 5.43. The normalized spacial score (nSPS) is 10.7. The van der Waals surface area contributed by atoms with Crippen molar-refractivity contribution < 1.29 is 9.21 Å². The SMILES string of the molecule is Cc1cc(C(=O)N(Cc2cccnc2)Cc2ccco2)c(C)s1. The third-order valence-electron chi connectivity index (χ3n) is 3.58. The van der Waals surface area contributed by atoms with Crippen molar-refractivity contribution in [3.8, 4) is 0 Å². The van der Waals surface area contributed by atoms with Crippen LogP contribution in [0.1, 0.15) is 31.4 Å². The first kappa shape index (κ1) is 15.5. The quantitative estimate of drug-likeness (QED) is 0.706. The van der Waals surface area contributed by atoms with E-state index in [4.69, 9.17) is 4.42 Å². The Balaban J connectivity index is 1.87. The Morgan fingerprint density at radius 1 is 1.26 bits per heavy atom. The van der Waals surface area contributed by atoms with Gasteiger partial charge in [0, 0.05) is 28.7 Å². The number of rotatable bonds is 5. The average molecular weight is 326 g/mol. The molecule has 0 spiro atoms. The van der Waals surface area contributed by atoms with Crippen molar-refractivity contribution in [3.05, 3.63) is 75.6 Å². The molecule has 23 heavy (non-hydrogen) atoms. The van der Waals surface area contributed by atoms with Crippen LogP contribution in [-0.4, -0.2) is 15.8 Å². The Morgan fingerprint density at radius 3 is 2.74 bits per heavy atom. The number of carbonyl (C=O) groups is 1. The summed E-state index contributed by atoms with van der Waals surface area (Å²) in [4.78, 5) is 21.1. The van der Waals surface area contributed by atoms with Gasteiger partial charge in [-0.2, -0.15) is 0 Å². The van der Waals surface area contributed by atoms with E-state index in [1.54, 1.807) is 34.9 Å². The molecule has 4 nitrogen and oxygen atoms in total. The molecule has 118 valence electrons. The zero-order valence-corrected chi connectivity index (χ0v) is 14.0. The second kappa shape index (κ2) is 6.79. The summed E-state index contributed by atoms with van der Waals surface area (Å²) in [6.45, 7) is 4.95. The summed E-state index contributed by atoms with van der Waals surface area (Å²) in [5.41, 5.74) is 1.76. The van der Waals surface area contributed by atoms with Crippen LogP contribution >= 0.6 is 11.3 Å². The Kier molecular flexibility index (Phi) is 4.57. The fourth-order valence-electron chi connectivity index (χ4n) is 2.52. The molecule has 3 aromatic rings. The number of carbonyl (C=O) groups excluding carboxylic acids is 1. The lowest BCUT2D eigenvalue weighted by atomic mass is 10.2. The van der Waals surface area contributed by atoms with E-state index in [2.05, 4.69) is 4.98 Å². The number of hydrogen-bond acceptors (Lipinski definition) is 4. The summed E-state index contributed by atoms with van der Waals surface area (Å²) in [6.07, 6.45) is 5.14. The highest BCUT2D eigenvalue weighted by Gasteiger charge is 2.21. The summed E-state index contributed by atoms with van der Waals surface area (Å²) >= 11 is 1.65. The molecule has 0 radical (unpaired) electrons. The molecule has 0 saturated carbocycles. The molecule has 0 aliphatic carbocycles. The molecule has 5 heteroatoms. The van der Waals surface area contributed by atoms with Crippen LogP contribution in [0.25, 0.3) is 0 Å². The molecule has 0 fully saturated rings. The van der Waals surface area contributed by atoms with Gasteiger partial charge in [0.05, 0.1) is 18.4 Å². The van der Waals surface area contributed by atoms with Crippen molar-refractivity contribution in [2.45, 2.75) is 26.9 Å². The summed E-state index contributed by atoms with van der Waals surface area (Å²) < 4.78 is 5.42. The molecule has 0 unspecified atom stereocenters. The number of amides is 1. The number of pyridine rings is 1. The Labute approximate surface area is 139 Å². The van der Waals surface area contributed by atoms with Crippen molar-refractivity contribution in [2.75, 3.05) is 0 Å². The van der Waals surface area contributed by atoms with E-state index >= 15 is 0 Å². The molecule has 0 aliphatic heterocycles. The third-order valence-corrected chi connectivity index (χ3v) is 4.55. The molecule has 0 bridgehead atoms. The largest absolute Gasteiger partial charge is 0.467 e. The van der Waals surface area contributed by atoms with Crippen LogP contribution in [-0.2, 0) is 13.1 Å². The van der Waals surface area contributed by atoms with Gasteiger partial charge in [0.1, 0.15) is 5.76 Å². The standard InChI is InChI=1S/C18H18N2O2S/c1-13-9-17(14(2)23-13)18(21)20(12-16-6-4-8-22-16)11-15-5-3-7-19-10-15/h3-10H,11-12H2,1-2H3. The van der Waals surface area contributed by atoms with Crippen molar-refractivity contribution in [2.24, 2.45) is 0 Å². The van der Waals surface area contributed by atoms with E-state index in [0.29, 0.717) is 13.1 Å². The molecule has 3 rings (SSSR count). The van der Waals surface area contributed by atoms with Crippen molar-refractivity contribution >= 4 is 17.2 Å². The molecular formula is C18H18N2O2S. The van der Waals surface area contributed by atoms with E-state index in [0.717, 1.165) is 26.6 Å². The van der Waals surface area contributed by atoms with Gasteiger partial charge in [0.2, 0.25) is 0 Å². The molecule has 0 aliphatic rings. The number of aryl methyl sites for hydroxylation is 2. The van der Waals surface area contributed by atoms with Gasteiger partial charge in [-0.15, -0.1) is 11.3 Å². The van der Waals surface area contributed by atoms with Crippen LogP contribution in [0, 0.1) is 13.8 Å². The highest BCUT2D eigenvalue weighted by atomic mass is 32.1. The van der Waals surface area contributed by atoms with Crippen LogP contribution in [0.3, 0.4) is 0 Å². The van der Waals surface area contributed by atoms with E-state index in [1.807, 2.05) is 44.2 Å². The fourth-order valence-corrected chi connectivity index (χ4v) is 3.43. The van der Waals surface area contributed by atoms with Gasteiger partial charge >= 0.3 is 0 Å². The minimum absolute atomic E-state index is 0.0205. The van der Waals surface area contributed by atoms with Crippen LogP contribution in [0.5, 0.6) is 0 Å². The molecule has 0 aromatic carbocycles. The number of aromatic nitrogens is 1. The monoisotopic (exact) mass is 326 g/mol. The highest BCUT2D eigenvalue weighted by molar-refractivity contribution is 7.12. The lowest BCUT2D eigenvalue weighted by Gasteiger charge is -2.21. The van der Waals surface area contributed by atoms with Gasteiger partial charge in [-0.05, 0) is 43.7 Å². The van der Waals surface area contributed by atoms with Gasteiger partial charge in [-0.3, -0.25) is 9.78 Å². The molecule has 3 heterocycles. The number of nitrogens with zero attached hydrogens (tertiary/aromatic N) is 2. The third kappa shape index (κ3) is 3.68. The summed E-state index contributed by atoms with van der Waals surface area (Å²) in [7, 11) is 0. The Bertz CT molecular complexity index is 779. The summed E-state index contributed by atoms with van der Waals surface area (Å²) in [5, 5.41) is 0. The number of hydrogen-bond donors (Lipinski definition) is 0. The van der Waals surface area contributed by atoms with Crippen molar-refractivity contribution in [1.82, 2.24) is 9.88 Å². The first-order valence-electron chi connectivity index (χ1n) is 7.41. The minimum Gasteiger partial charge on any atom is -0.467 e. The maximum Gasteiger partial charge on any atom is 0.255 e. The first-order valence-corrected chi connectivity index (χ1v) is 8.22. The number of furan rings is 1. The second-order valence-corrected chi connectivity index (χ2v) is 6.89. The predicted octanol–water partition coefficient (Wildman–Crippen LogP) is 4.20. The zero-order valence-electron chi connectivity index (χ0n) is 13.2. The molecule has 3 aromatic heterocycles. The zero-order chi connectivity index (χ0) is 16.2. The fraction of sp³-hybridized carbons (Fsp3) is 0.222. The minimum atomic E-state index is 0.0205. The maximum atomic E-state index is 13.0. The van der Waals surface area contributed by atoms with Crippen molar-refractivity contribution in [3.63, 3.8) is 0 Å². The van der Waals surface area contributed by atoms with Gasteiger partial charge < -0.3 is 9.32 Å². The van der Waals surface area contributed by atoms with E-state index < -0.39 is 0 Å². The average Bonchev–Trinajstić information content (AvgIpc) is 3.16. The summed E-state index contributed by atoms with van der Waals surface area (Å²) in [6, 6.07) is 9.53. The smallest absolute Gasteiger partial charge is 0.255 e. The van der Waals surface area contributed by atoms with Crippen LogP contribution in [0.4, 0.5) is 0 Å². The van der Waals surface area contributed by atoms with Crippen LogP contribution in [0.2, 0.25) is 0 Å². The highest BCUT2D eigenvalue weighted by Crippen LogP contribution is 2.23. The maximum absolute atomic E-state index is 13.0. The van der Waals surface area contributed by atoms with Crippen LogP contribution < -0.4 is 0 Å². The summed E-state index contributed by atoms with van der Waals surface area (Å²) in [5.74, 6) is 0.791. The molecule has 0 N–H and O–H groups in total. The molecule has 1 amide bonds. The molecule has 0 saturated heterocycles. The Morgan fingerprint density at radius 2 is 2.13 bits per heavy atom. The first-order chi connectivity index (χ1) is 11.1. The lowest BCUT2D eigenvalue weighted by molar-refractivity contribution is 0.0717. The van der Waals surface area contributed by atoms with Crippen LogP contribution in [0.15, 0.2) is 53.4 Å². The Hall–Kier alpha value is -2.40. The van der Waals surface area contributed by atoms with Gasteiger partial charge in [-0.1, -0.05) is 6.07 Å². The molecular weight excluding hydrogens is 308 g/mol. The molecule has 0 atom stereocenters. The lowest BCUT2D eigenvalue weighted by Crippen LogP contribution is -2.30.